The summed E-state index contributed by atoms with van der Waals surface area (Å²) >= 11 is 0. The molecule has 0 aliphatic carbocycles. The number of nitriles is 1. The van der Waals surface area contributed by atoms with Crippen LogP contribution in [0, 0.1) is 17.1 Å². The molecule has 0 atom stereocenters. The summed E-state index contributed by atoms with van der Waals surface area (Å²) in [5.74, 6) is 1.10. The molecule has 0 aromatic carbocycles. The topological polar surface area (TPSA) is 113 Å². The van der Waals surface area contributed by atoms with Gasteiger partial charge in [-0.3, -0.25) is 4.79 Å². The van der Waals surface area contributed by atoms with Crippen LogP contribution < -0.4 is 20.5 Å². The molecule has 41 heavy (non-hydrogen) atoms. The molecule has 4 aromatic heterocycles. The maximum atomic E-state index is 13.8. The molecule has 1 aliphatic rings. The summed E-state index contributed by atoms with van der Waals surface area (Å²) < 4.78 is 22.8. The van der Waals surface area contributed by atoms with Crippen LogP contribution in [-0.2, 0) is 19.5 Å². The number of halogens is 1. The normalized spacial score (nSPS) is 13.3. The van der Waals surface area contributed by atoms with Crippen LogP contribution in [0.3, 0.4) is 0 Å². The fourth-order valence-corrected chi connectivity index (χ4v) is 5.03. The number of aryl methyl sites for hydroxylation is 2. The number of fused-ring (bicyclic) bond motifs is 1. The number of aromatic nitrogens is 5. The summed E-state index contributed by atoms with van der Waals surface area (Å²) in [4.78, 5) is 23.6. The molecule has 1 saturated heterocycles. The molecule has 4 aromatic rings. The van der Waals surface area contributed by atoms with E-state index in [0.29, 0.717) is 19.5 Å². The summed E-state index contributed by atoms with van der Waals surface area (Å²) in [5, 5.41) is 17.0. The predicted octanol–water partition coefficient (Wildman–Crippen LogP) is 4.71. The Morgan fingerprint density at radius 2 is 1.95 bits per heavy atom. The summed E-state index contributed by atoms with van der Waals surface area (Å²) in [7, 11) is 0. The van der Waals surface area contributed by atoms with Crippen LogP contribution in [0.2, 0.25) is 0 Å². The van der Waals surface area contributed by atoms with Crippen LogP contribution in [0.25, 0.3) is 5.65 Å². The van der Waals surface area contributed by atoms with Crippen LogP contribution in [0.4, 0.5) is 16.0 Å². The molecule has 0 bridgehead atoms. The molecule has 0 unspecified atom stereocenters. The zero-order valence-corrected chi connectivity index (χ0v) is 23.4. The zero-order chi connectivity index (χ0) is 28.6. The lowest BCUT2D eigenvalue weighted by atomic mass is 10.1. The minimum atomic E-state index is -0.588. The van der Waals surface area contributed by atoms with Gasteiger partial charge in [0.15, 0.2) is 11.5 Å². The van der Waals surface area contributed by atoms with Gasteiger partial charge in [0.25, 0.3) is 11.4 Å². The third-order valence-corrected chi connectivity index (χ3v) is 7.32. The van der Waals surface area contributed by atoms with Gasteiger partial charge < -0.3 is 19.5 Å². The van der Waals surface area contributed by atoms with Gasteiger partial charge in [-0.05, 0) is 62.6 Å². The first-order chi connectivity index (χ1) is 20.1. The van der Waals surface area contributed by atoms with Crippen LogP contribution >= 0.6 is 0 Å². The number of pyridine rings is 2. The Balaban J connectivity index is 1.18. The van der Waals surface area contributed by atoms with E-state index in [1.807, 2.05) is 29.0 Å². The van der Waals surface area contributed by atoms with Crippen molar-refractivity contribution in [2.24, 2.45) is 0 Å². The van der Waals surface area contributed by atoms with Gasteiger partial charge in [-0.25, -0.2) is 14.4 Å². The van der Waals surface area contributed by atoms with E-state index < -0.39 is 5.82 Å². The van der Waals surface area contributed by atoms with Gasteiger partial charge in [0.1, 0.15) is 23.4 Å². The van der Waals surface area contributed by atoms with E-state index >= 15 is 0 Å². The number of hydrogen-bond acceptors (Lipinski definition) is 8. The number of nitrogens with one attached hydrogen (secondary N) is 1. The van der Waals surface area contributed by atoms with Gasteiger partial charge in [0.05, 0.1) is 12.8 Å². The van der Waals surface area contributed by atoms with E-state index in [1.165, 1.54) is 31.4 Å². The lowest BCUT2D eigenvalue weighted by Gasteiger charge is -2.28. The third kappa shape index (κ3) is 6.82. The zero-order valence-electron chi connectivity index (χ0n) is 23.4. The Morgan fingerprint density at radius 1 is 1.10 bits per heavy atom. The van der Waals surface area contributed by atoms with Crippen molar-refractivity contribution < 1.29 is 9.13 Å². The number of hydrogen-bond donors (Lipinski definition) is 1. The average molecular weight is 559 g/mol. The highest BCUT2D eigenvalue weighted by Crippen LogP contribution is 2.25. The Hall–Kier alpha value is -4.46. The van der Waals surface area contributed by atoms with Crippen molar-refractivity contribution in [3.05, 3.63) is 75.7 Å². The number of nitrogens with zero attached hydrogens (tertiary/aromatic N) is 7. The highest BCUT2D eigenvalue weighted by atomic mass is 19.1. The number of ether oxygens (including phenoxy) is 1. The van der Waals surface area contributed by atoms with Crippen molar-refractivity contribution >= 4 is 17.3 Å². The van der Waals surface area contributed by atoms with Crippen LogP contribution in [0.5, 0.6) is 5.88 Å². The van der Waals surface area contributed by atoms with E-state index in [2.05, 4.69) is 33.3 Å². The molecule has 5 heterocycles. The standard InChI is InChI=1S/C30H35FN8O2/c1-2-23-20-34-39-26(17-27(36-29(23)39)37-13-5-3-6-14-37)33-19-22-9-12-28(40)38(21-22)15-7-4-8-16-41-30-25(31)11-10-24(18-32)35-30/h9-12,17,20-21,33H,2-8,13-16,19H2,1H3. The minimum Gasteiger partial charge on any atom is -0.476 e. The molecule has 214 valence electrons. The molecule has 1 fully saturated rings. The van der Waals surface area contributed by atoms with Gasteiger partial charge in [-0.1, -0.05) is 13.0 Å². The fraction of sp³-hybridized carbons (Fsp3) is 0.433. The largest absolute Gasteiger partial charge is 0.476 e. The smallest absolute Gasteiger partial charge is 0.251 e. The van der Waals surface area contributed by atoms with Crippen molar-refractivity contribution in [3.8, 4) is 11.9 Å². The van der Waals surface area contributed by atoms with Crippen molar-refractivity contribution in [1.29, 1.82) is 5.26 Å². The molecular weight excluding hydrogens is 523 g/mol. The van der Waals surface area contributed by atoms with Crippen molar-refractivity contribution in [2.45, 2.75) is 65.0 Å². The van der Waals surface area contributed by atoms with Crippen molar-refractivity contribution in [2.75, 3.05) is 29.9 Å². The van der Waals surface area contributed by atoms with E-state index in [-0.39, 0.29) is 23.7 Å². The lowest BCUT2D eigenvalue weighted by Crippen LogP contribution is -2.30. The number of unbranched alkanes of at least 4 members (excludes halogenated alkanes) is 2. The van der Waals surface area contributed by atoms with E-state index in [1.54, 1.807) is 10.6 Å². The second-order valence-corrected chi connectivity index (χ2v) is 10.2. The number of rotatable bonds is 12. The van der Waals surface area contributed by atoms with Crippen molar-refractivity contribution in [1.82, 2.24) is 24.1 Å². The molecule has 1 N–H and O–H groups in total. The highest BCUT2D eigenvalue weighted by molar-refractivity contribution is 5.61. The molecule has 0 saturated carbocycles. The summed E-state index contributed by atoms with van der Waals surface area (Å²) in [6, 6.07) is 9.88. The van der Waals surface area contributed by atoms with Gasteiger partial charge in [0, 0.05) is 50.1 Å². The predicted molar refractivity (Wildman–Crippen MR) is 155 cm³/mol. The van der Waals surface area contributed by atoms with E-state index in [9.17, 15) is 9.18 Å². The van der Waals surface area contributed by atoms with Crippen molar-refractivity contribution in [3.63, 3.8) is 0 Å². The first kappa shape index (κ1) is 28.1. The lowest BCUT2D eigenvalue weighted by molar-refractivity contribution is 0.277. The van der Waals surface area contributed by atoms with Gasteiger partial charge in [-0.15, -0.1) is 0 Å². The van der Waals surface area contributed by atoms with Crippen LogP contribution in [0.1, 0.15) is 62.3 Å². The van der Waals surface area contributed by atoms with Crippen LogP contribution in [0.15, 0.2) is 47.5 Å². The molecule has 0 radical (unpaired) electrons. The van der Waals surface area contributed by atoms with Crippen LogP contribution in [-0.4, -0.2) is 43.8 Å². The Bertz CT molecular complexity index is 1590. The van der Waals surface area contributed by atoms with E-state index in [4.69, 9.17) is 15.0 Å². The van der Waals surface area contributed by atoms with Gasteiger partial charge in [-0.2, -0.15) is 14.9 Å². The molecule has 11 heteroatoms. The first-order valence-corrected chi connectivity index (χ1v) is 14.3. The molecule has 0 amide bonds. The SMILES string of the molecule is CCc1cnn2c(NCc3ccc(=O)n(CCCCCOc4nc(C#N)ccc4F)c3)cc(N3CCCCC3)nc12. The molecular formula is C30H35FN8O2. The summed E-state index contributed by atoms with van der Waals surface area (Å²) in [6.45, 7) is 5.52. The number of piperidine rings is 1. The summed E-state index contributed by atoms with van der Waals surface area (Å²) in [5.41, 5.74) is 3.04. The second kappa shape index (κ2) is 13.3. The maximum Gasteiger partial charge on any atom is 0.251 e. The summed E-state index contributed by atoms with van der Waals surface area (Å²) in [6.07, 6.45) is 10.5. The molecule has 5 rings (SSSR count). The quantitative estimate of drug-likeness (QED) is 0.249. The Kier molecular flexibility index (Phi) is 9.08. The number of anilines is 2. The highest BCUT2D eigenvalue weighted by Gasteiger charge is 2.17. The monoisotopic (exact) mass is 558 g/mol. The third-order valence-electron chi connectivity index (χ3n) is 7.32. The van der Waals surface area contributed by atoms with Gasteiger partial charge >= 0.3 is 0 Å². The minimum absolute atomic E-state index is 0.0528. The molecule has 10 nitrogen and oxygen atoms in total. The Labute approximate surface area is 238 Å². The molecule has 1 aliphatic heterocycles. The maximum absolute atomic E-state index is 13.8. The fourth-order valence-electron chi connectivity index (χ4n) is 5.03. The Morgan fingerprint density at radius 3 is 2.76 bits per heavy atom. The van der Waals surface area contributed by atoms with Gasteiger partial charge in [0.2, 0.25) is 0 Å². The van der Waals surface area contributed by atoms with E-state index in [0.717, 1.165) is 60.8 Å². The second-order valence-electron chi connectivity index (χ2n) is 10.2. The average Bonchev–Trinajstić information content (AvgIpc) is 3.43. The molecule has 0 spiro atoms. The first-order valence-electron chi connectivity index (χ1n) is 14.3.